The molecule has 4 rings (SSSR count). The summed E-state index contributed by atoms with van der Waals surface area (Å²) in [5.41, 5.74) is -0.130. The predicted octanol–water partition coefficient (Wildman–Crippen LogP) is 4.02. The highest BCUT2D eigenvalue weighted by molar-refractivity contribution is 5.69. The molecule has 1 N–H and O–H groups in total. The van der Waals surface area contributed by atoms with Gasteiger partial charge in [-0.2, -0.15) is 0 Å². The van der Waals surface area contributed by atoms with E-state index in [4.69, 9.17) is 14.2 Å². The number of phenols is 1. The third-order valence-electron chi connectivity index (χ3n) is 5.88. The molecule has 1 aromatic carbocycles. The van der Waals surface area contributed by atoms with Crippen LogP contribution >= 0.6 is 0 Å². The zero-order valence-electron chi connectivity index (χ0n) is 16.7. The first-order chi connectivity index (χ1) is 12.6. The summed E-state index contributed by atoms with van der Waals surface area (Å²) in [5, 5.41) is 10.2. The largest absolute Gasteiger partial charge is 0.504 e. The molecule has 148 valence electrons. The summed E-state index contributed by atoms with van der Waals surface area (Å²) in [4.78, 5) is 14.5. The van der Waals surface area contributed by atoms with Crippen molar-refractivity contribution in [3.05, 3.63) is 23.8 Å². The van der Waals surface area contributed by atoms with E-state index in [2.05, 4.69) is 0 Å². The van der Waals surface area contributed by atoms with Gasteiger partial charge in [-0.1, -0.05) is 12.1 Å². The SMILES string of the molecule is CC(C)(C)OC(=O)N1CC[C@@H]2O[C@@H]3c4cccc(O)c4OC(C)(C)[C@H]3C[C@@H]21. The Morgan fingerprint density at radius 1 is 1.33 bits per heavy atom. The summed E-state index contributed by atoms with van der Waals surface area (Å²) in [6, 6.07) is 5.41. The van der Waals surface area contributed by atoms with E-state index in [1.165, 1.54) is 0 Å². The van der Waals surface area contributed by atoms with E-state index in [0.29, 0.717) is 12.3 Å². The topological polar surface area (TPSA) is 68.2 Å². The van der Waals surface area contributed by atoms with Crippen molar-refractivity contribution in [1.82, 2.24) is 4.90 Å². The van der Waals surface area contributed by atoms with Gasteiger partial charge in [0.1, 0.15) is 11.2 Å². The number of hydrogen-bond acceptors (Lipinski definition) is 5. The second-order valence-corrected chi connectivity index (χ2v) is 9.37. The molecule has 4 atom stereocenters. The highest BCUT2D eigenvalue weighted by Gasteiger charge is 2.54. The minimum atomic E-state index is -0.517. The minimum Gasteiger partial charge on any atom is -0.504 e. The van der Waals surface area contributed by atoms with E-state index in [-0.39, 0.29) is 36.0 Å². The van der Waals surface area contributed by atoms with E-state index in [0.717, 1.165) is 18.4 Å². The number of ether oxygens (including phenoxy) is 3. The Labute approximate surface area is 160 Å². The van der Waals surface area contributed by atoms with Crippen molar-refractivity contribution >= 4 is 6.09 Å². The second-order valence-electron chi connectivity index (χ2n) is 9.37. The molecule has 0 aliphatic carbocycles. The van der Waals surface area contributed by atoms with Crippen LogP contribution in [0.15, 0.2) is 18.2 Å². The van der Waals surface area contributed by atoms with Crippen LogP contribution in [0.3, 0.4) is 0 Å². The van der Waals surface area contributed by atoms with Gasteiger partial charge in [-0.15, -0.1) is 0 Å². The van der Waals surface area contributed by atoms with Gasteiger partial charge in [0.15, 0.2) is 11.5 Å². The van der Waals surface area contributed by atoms with Crippen molar-refractivity contribution in [1.29, 1.82) is 0 Å². The van der Waals surface area contributed by atoms with E-state index < -0.39 is 11.2 Å². The lowest BCUT2D eigenvalue weighted by Crippen LogP contribution is -2.55. The fourth-order valence-electron chi connectivity index (χ4n) is 4.63. The number of carbonyl (C=O) groups excluding carboxylic acids is 1. The lowest BCUT2D eigenvalue weighted by Gasteiger charge is -2.50. The fourth-order valence-corrected chi connectivity index (χ4v) is 4.63. The molecule has 0 unspecified atom stereocenters. The molecule has 0 saturated carbocycles. The van der Waals surface area contributed by atoms with Gasteiger partial charge in [-0.3, -0.25) is 0 Å². The second kappa shape index (κ2) is 6.03. The van der Waals surface area contributed by atoms with E-state index in [1.807, 2.05) is 51.7 Å². The Hall–Kier alpha value is -1.95. The minimum absolute atomic E-state index is 0.0113. The number of phenolic OH excluding ortho intramolecular Hbond substituents is 1. The number of carbonyl (C=O) groups is 1. The van der Waals surface area contributed by atoms with Crippen LogP contribution in [0.2, 0.25) is 0 Å². The number of para-hydroxylation sites is 1. The molecule has 2 fully saturated rings. The van der Waals surface area contributed by atoms with E-state index >= 15 is 0 Å². The van der Waals surface area contributed by atoms with Crippen molar-refractivity contribution in [2.45, 2.75) is 76.9 Å². The van der Waals surface area contributed by atoms with Crippen LogP contribution in [0.5, 0.6) is 11.5 Å². The normalized spacial score (nSPS) is 31.4. The zero-order chi connectivity index (χ0) is 19.6. The fraction of sp³-hybridized carbons (Fsp3) is 0.667. The maximum atomic E-state index is 12.7. The Bertz CT molecular complexity index is 753. The summed E-state index contributed by atoms with van der Waals surface area (Å²) < 4.78 is 18.3. The molecule has 0 radical (unpaired) electrons. The molecule has 6 nitrogen and oxygen atoms in total. The first-order valence-electron chi connectivity index (χ1n) is 9.73. The highest BCUT2D eigenvalue weighted by atomic mass is 16.6. The van der Waals surface area contributed by atoms with Crippen molar-refractivity contribution in [3.63, 3.8) is 0 Å². The summed E-state index contributed by atoms with van der Waals surface area (Å²) in [5.74, 6) is 0.742. The lowest BCUT2D eigenvalue weighted by atomic mass is 9.74. The Balaban J connectivity index is 1.62. The van der Waals surface area contributed by atoms with Crippen molar-refractivity contribution in [2.24, 2.45) is 5.92 Å². The smallest absolute Gasteiger partial charge is 0.410 e. The molecule has 1 amide bonds. The predicted molar refractivity (Wildman–Crippen MR) is 99.9 cm³/mol. The van der Waals surface area contributed by atoms with Crippen molar-refractivity contribution in [3.8, 4) is 11.5 Å². The van der Waals surface area contributed by atoms with Gasteiger partial charge in [0.2, 0.25) is 0 Å². The molecule has 0 aromatic heterocycles. The van der Waals surface area contributed by atoms with Gasteiger partial charge in [-0.25, -0.2) is 4.79 Å². The number of nitrogens with zero attached hydrogens (tertiary/aromatic N) is 1. The third kappa shape index (κ3) is 3.14. The molecular weight excluding hydrogens is 346 g/mol. The molecular formula is C21H29NO5. The maximum absolute atomic E-state index is 12.7. The van der Waals surface area contributed by atoms with Crippen LogP contribution in [0.4, 0.5) is 4.79 Å². The quantitative estimate of drug-likeness (QED) is 0.742. The maximum Gasteiger partial charge on any atom is 0.410 e. The van der Waals surface area contributed by atoms with Gasteiger partial charge in [0.25, 0.3) is 0 Å². The first-order valence-corrected chi connectivity index (χ1v) is 9.73. The van der Waals surface area contributed by atoms with Crippen LogP contribution in [-0.4, -0.2) is 46.0 Å². The van der Waals surface area contributed by atoms with Gasteiger partial charge in [-0.05, 0) is 53.5 Å². The number of hydrogen-bond donors (Lipinski definition) is 1. The Kier molecular flexibility index (Phi) is 4.11. The van der Waals surface area contributed by atoms with Crippen LogP contribution < -0.4 is 4.74 Å². The average Bonchev–Trinajstić information content (AvgIpc) is 2.96. The van der Waals surface area contributed by atoms with Gasteiger partial charge >= 0.3 is 6.09 Å². The molecule has 6 heteroatoms. The van der Waals surface area contributed by atoms with Crippen molar-refractivity contribution < 1.29 is 24.1 Å². The number of likely N-dealkylation sites (tertiary alicyclic amines) is 1. The number of benzene rings is 1. The molecule has 2 saturated heterocycles. The van der Waals surface area contributed by atoms with Crippen LogP contribution in [0.25, 0.3) is 0 Å². The van der Waals surface area contributed by atoms with Gasteiger partial charge in [0, 0.05) is 18.0 Å². The third-order valence-corrected chi connectivity index (χ3v) is 5.88. The molecule has 3 heterocycles. The monoisotopic (exact) mass is 375 g/mol. The molecule has 27 heavy (non-hydrogen) atoms. The zero-order valence-corrected chi connectivity index (χ0v) is 16.7. The lowest BCUT2D eigenvalue weighted by molar-refractivity contribution is -0.161. The van der Waals surface area contributed by atoms with E-state index in [9.17, 15) is 9.90 Å². The van der Waals surface area contributed by atoms with Crippen LogP contribution in [-0.2, 0) is 9.47 Å². The molecule has 0 spiro atoms. The number of fused-ring (bicyclic) bond motifs is 4. The van der Waals surface area contributed by atoms with E-state index in [1.54, 1.807) is 6.07 Å². The number of aromatic hydroxyl groups is 1. The number of rotatable bonds is 0. The average molecular weight is 375 g/mol. The molecule has 1 aromatic rings. The van der Waals surface area contributed by atoms with Crippen LogP contribution in [0, 0.1) is 5.92 Å². The first kappa shape index (κ1) is 18.4. The summed E-state index contributed by atoms with van der Waals surface area (Å²) in [7, 11) is 0. The van der Waals surface area contributed by atoms with Crippen LogP contribution in [0.1, 0.15) is 59.1 Å². The standard InChI is InChI=1S/C21H29NO5/c1-20(2,3)27-19(24)22-10-9-16-14(22)11-13-17(25-16)12-7-6-8-15(23)18(12)26-21(13,4)5/h6-8,13-14,16-17,23H,9-11H2,1-5H3/t13-,14-,16-,17+/m0/s1. The van der Waals surface area contributed by atoms with Gasteiger partial charge in [0.05, 0.1) is 18.2 Å². The number of amides is 1. The molecule has 3 aliphatic heterocycles. The summed E-state index contributed by atoms with van der Waals surface area (Å²) in [6.45, 7) is 10.3. The Morgan fingerprint density at radius 3 is 2.78 bits per heavy atom. The van der Waals surface area contributed by atoms with Gasteiger partial charge < -0.3 is 24.2 Å². The highest BCUT2D eigenvalue weighted by Crippen LogP contribution is 2.54. The molecule has 0 bridgehead atoms. The molecule has 3 aliphatic rings. The summed E-state index contributed by atoms with van der Waals surface area (Å²) in [6.07, 6.45) is 1.14. The van der Waals surface area contributed by atoms with Crippen molar-refractivity contribution in [2.75, 3.05) is 6.54 Å². The Morgan fingerprint density at radius 2 is 2.07 bits per heavy atom. The summed E-state index contributed by atoms with van der Waals surface area (Å²) >= 11 is 0.